The highest BCUT2D eigenvalue weighted by atomic mass is 16.6. The zero-order valence-electron chi connectivity index (χ0n) is 16.7. The summed E-state index contributed by atoms with van der Waals surface area (Å²) in [6.07, 6.45) is 0.880. The van der Waals surface area contributed by atoms with Crippen LogP contribution in [0, 0.1) is 28.4 Å². The smallest absolute Gasteiger partial charge is 0.311 e. The summed E-state index contributed by atoms with van der Waals surface area (Å²) in [7, 11) is 0. The number of nitriles is 1. The van der Waals surface area contributed by atoms with Crippen molar-refractivity contribution >= 4 is 28.2 Å². The summed E-state index contributed by atoms with van der Waals surface area (Å²) in [5, 5.41) is 38.5. The van der Waals surface area contributed by atoms with Crippen molar-refractivity contribution in [2.24, 2.45) is 10.2 Å². The third kappa shape index (κ3) is 4.84. The van der Waals surface area contributed by atoms with E-state index in [1.54, 1.807) is 41.8 Å². The summed E-state index contributed by atoms with van der Waals surface area (Å²) in [5.74, 6) is -0.975. The van der Waals surface area contributed by atoms with Gasteiger partial charge in [0.05, 0.1) is 16.5 Å². The van der Waals surface area contributed by atoms with Crippen LogP contribution in [0.5, 0.6) is 11.6 Å². The van der Waals surface area contributed by atoms with Crippen LogP contribution in [0.4, 0.5) is 11.4 Å². The van der Waals surface area contributed by atoms with Crippen LogP contribution < -0.4 is 4.74 Å². The molecular formula is C21H19N5O5. The Morgan fingerprint density at radius 1 is 1.32 bits per heavy atom. The number of rotatable bonds is 8. The quantitative estimate of drug-likeness (QED) is 0.244. The number of fused-ring (bicyclic) bond motifs is 1. The van der Waals surface area contributed by atoms with Crippen LogP contribution in [0.1, 0.15) is 18.4 Å². The molecular weight excluding hydrogens is 402 g/mol. The van der Waals surface area contributed by atoms with Crippen molar-refractivity contribution in [3.63, 3.8) is 0 Å². The number of hydrogen-bond donors (Lipinski definition) is 1. The number of nitro benzene ring substituents is 1. The Morgan fingerprint density at radius 3 is 2.84 bits per heavy atom. The van der Waals surface area contributed by atoms with Crippen LogP contribution >= 0.6 is 0 Å². The first-order chi connectivity index (χ1) is 14.9. The maximum Gasteiger partial charge on any atom is 0.311 e. The third-order valence-electron chi connectivity index (χ3n) is 4.51. The summed E-state index contributed by atoms with van der Waals surface area (Å²) >= 11 is 0. The van der Waals surface area contributed by atoms with Gasteiger partial charge in [-0.05, 0) is 31.0 Å². The van der Waals surface area contributed by atoms with Crippen LogP contribution in [0.15, 0.2) is 52.7 Å². The lowest BCUT2D eigenvalue weighted by molar-refractivity contribution is -0.385. The first-order valence-electron chi connectivity index (χ1n) is 9.42. The minimum atomic E-state index is -0.768. The molecule has 1 heterocycles. The third-order valence-corrected chi connectivity index (χ3v) is 4.51. The van der Waals surface area contributed by atoms with E-state index in [1.807, 2.05) is 0 Å². The summed E-state index contributed by atoms with van der Waals surface area (Å²) in [4.78, 5) is 22.7. The molecule has 10 nitrogen and oxygen atoms in total. The summed E-state index contributed by atoms with van der Waals surface area (Å²) in [6, 6.07) is 13.6. The van der Waals surface area contributed by atoms with E-state index in [0.29, 0.717) is 35.9 Å². The molecule has 0 bridgehead atoms. The van der Waals surface area contributed by atoms with Crippen molar-refractivity contribution in [2.75, 3.05) is 6.61 Å². The van der Waals surface area contributed by atoms with Gasteiger partial charge in [0.15, 0.2) is 18.0 Å². The molecule has 0 aliphatic heterocycles. The van der Waals surface area contributed by atoms with Crippen LogP contribution in [0.2, 0.25) is 0 Å². The second-order valence-electron chi connectivity index (χ2n) is 6.71. The normalized spacial score (nSPS) is 11.0. The van der Waals surface area contributed by atoms with E-state index in [2.05, 4.69) is 16.3 Å². The number of nitrogens with zero attached hydrogens (tertiary/aromatic N) is 5. The highest BCUT2D eigenvalue weighted by Crippen LogP contribution is 2.39. The molecule has 0 fully saturated rings. The van der Waals surface area contributed by atoms with Crippen molar-refractivity contribution < 1.29 is 19.6 Å². The lowest BCUT2D eigenvalue weighted by atomic mass is 10.2. The average molecular weight is 421 g/mol. The Bertz CT molecular complexity index is 1210. The molecule has 1 N–H and O–H groups in total. The molecule has 0 saturated heterocycles. The Morgan fingerprint density at radius 2 is 2.10 bits per heavy atom. The molecule has 1 amide bonds. The molecule has 158 valence electrons. The maximum atomic E-state index is 12.1. The highest BCUT2D eigenvalue weighted by Gasteiger charge is 2.18. The Labute approximate surface area is 177 Å². The minimum Gasteiger partial charge on any atom is -0.493 e. The van der Waals surface area contributed by atoms with Gasteiger partial charge in [-0.25, -0.2) is 0 Å². The fourth-order valence-corrected chi connectivity index (χ4v) is 3.08. The van der Waals surface area contributed by atoms with Crippen molar-refractivity contribution in [3.05, 3.63) is 58.1 Å². The molecule has 0 atom stereocenters. The highest BCUT2D eigenvalue weighted by molar-refractivity contribution is 5.95. The molecule has 2 aromatic carbocycles. The van der Waals surface area contributed by atoms with Gasteiger partial charge in [-0.15, -0.1) is 10.2 Å². The fourth-order valence-electron chi connectivity index (χ4n) is 3.08. The number of aryl methyl sites for hydroxylation is 2. The monoisotopic (exact) mass is 421 g/mol. The topological polar surface area (TPSA) is 143 Å². The predicted molar refractivity (Wildman–Crippen MR) is 111 cm³/mol. The van der Waals surface area contributed by atoms with Crippen LogP contribution in [0.3, 0.4) is 0 Å². The second-order valence-corrected chi connectivity index (χ2v) is 6.71. The van der Waals surface area contributed by atoms with E-state index < -0.39 is 17.4 Å². The molecule has 3 aromatic rings. The number of aromatic nitrogens is 1. The van der Waals surface area contributed by atoms with E-state index in [0.717, 1.165) is 0 Å². The van der Waals surface area contributed by atoms with E-state index in [1.165, 1.54) is 12.1 Å². The number of benzene rings is 2. The van der Waals surface area contributed by atoms with Gasteiger partial charge in [0.2, 0.25) is 5.88 Å². The summed E-state index contributed by atoms with van der Waals surface area (Å²) in [5.41, 5.74) is 1.27. The van der Waals surface area contributed by atoms with Gasteiger partial charge in [0.1, 0.15) is 0 Å². The first-order valence-corrected chi connectivity index (χ1v) is 9.42. The molecule has 0 unspecified atom stereocenters. The molecule has 0 radical (unpaired) electrons. The van der Waals surface area contributed by atoms with E-state index in [9.17, 15) is 20.0 Å². The maximum absolute atomic E-state index is 12.1. The van der Waals surface area contributed by atoms with Gasteiger partial charge in [-0.1, -0.05) is 24.3 Å². The predicted octanol–water partition coefficient (Wildman–Crippen LogP) is 4.56. The standard InChI is InChI=1S/C21H19N5O5/c1-14-8-9-18(17(12-14)26(29)30)31-13-19(27)23-24-20-15-6-2-3-7-16(15)25(21(20)28)11-5-4-10-22/h2-3,6-9,12,28H,4-5,11,13H2,1H3. The zero-order valence-corrected chi connectivity index (χ0v) is 16.7. The second kappa shape index (κ2) is 9.49. The molecule has 3 rings (SSSR count). The van der Waals surface area contributed by atoms with E-state index in [-0.39, 0.29) is 23.0 Å². The van der Waals surface area contributed by atoms with Crippen LogP contribution in [-0.4, -0.2) is 27.1 Å². The van der Waals surface area contributed by atoms with Gasteiger partial charge in [-0.3, -0.25) is 14.9 Å². The van der Waals surface area contributed by atoms with Gasteiger partial charge >= 0.3 is 11.6 Å². The summed E-state index contributed by atoms with van der Waals surface area (Å²) < 4.78 is 6.86. The number of hydrogen-bond acceptors (Lipinski definition) is 7. The molecule has 0 saturated carbocycles. The number of unbranched alkanes of at least 4 members (excludes halogenated alkanes) is 1. The number of para-hydroxylation sites is 1. The first kappa shape index (κ1) is 21.4. The van der Waals surface area contributed by atoms with Crippen molar-refractivity contribution in [1.82, 2.24) is 4.57 Å². The van der Waals surface area contributed by atoms with Gasteiger partial charge in [0, 0.05) is 24.4 Å². The number of carbonyl (C=O) groups is 1. The molecule has 31 heavy (non-hydrogen) atoms. The fraction of sp³-hybridized carbons (Fsp3) is 0.238. The summed E-state index contributed by atoms with van der Waals surface area (Å²) in [6.45, 7) is 1.57. The van der Waals surface area contributed by atoms with Crippen molar-refractivity contribution in [3.8, 4) is 17.7 Å². The SMILES string of the molecule is Cc1ccc(OCC(=O)N=Nc2c(O)n(CCCC#N)c3ccccc23)c([N+](=O)[O-])c1. The minimum absolute atomic E-state index is 0.0453. The van der Waals surface area contributed by atoms with Gasteiger partial charge in [-0.2, -0.15) is 5.26 Å². The van der Waals surface area contributed by atoms with E-state index in [4.69, 9.17) is 10.00 Å². The number of nitro groups is 1. The average Bonchev–Trinajstić information content (AvgIpc) is 3.02. The molecule has 0 aliphatic rings. The lowest BCUT2D eigenvalue weighted by Crippen LogP contribution is -2.09. The number of amides is 1. The van der Waals surface area contributed by atoms with Crippen molar-refractivity contribution in [2.45, 2.75) is 26.3 Å². The largest absolute Gasteiger partial charge is 0.493 e. The van der Waals surface area contributed by atoms with Crippen LogP contribution in [0.25, 0.3) is 10.9 Å². The number of carbonyl (C=O) groups excluding carboxylic acids is 1. The molecule has 0 spiro atoms. The number of ether oxygens (including phenoxy) is 1. The Kier molecular flexibility index (Phi) is 6.57. The van der Waals surface area contributed by atoms with Gasteiger partial charge < -0.3 is 14.4 Å². The van der Waals surface area contributed by atoms with Crippen LogP contribution in [-0.2, 0) is 11.3 Å². The van der Waals surface area contributed by atoms with Gasteiger partial charge in [0.25, 0.3) is 0 Å². The lowest BCUT2D eigenvalue weighted by Gasteiger charge is -2.05. The van der Waals surface area contributed by atoms with E-state index >= 15 is 0 Å². The Balaban J connectivity index is 1.78. The molecule has 1 aromatic heterocycles. The number of azo groups is 1. The zero-order chi connectivity index (χ0) is 22.4. The molecule has 0 aliphatic carbocycles. The molecule has 10 heteroatoms. The number of aromatic hydroxyl groups is 1. The van der Waals surface area contributed by atoms with Crippen molar-refractivity contribution in [1.29, 1.82) is 5.26 Å². The Hall–Kier alpha value is -4.26.